The Balaban J connectivity index is 2.02. The molecule has 1 aromatic rings. The van der Waals surface area contributed by atoms with Crippen LogP contribution in [0.3, 0.4) is 0 Å². The Bertz CT molecular complexity index is 534. The van der Waals surface area contributed by atoms with Gasteiger partial charge < -0.3 is 5.32 Å². The Hall–Kier alpha value is -0.670. The Morgan fingerprint density at radius 2 is 2.10 bits per heavy atom. The molecule has 0 spiro atoms. The van der Waals surface area contributed by atoms with Crippen LogP contribution in [0.1, 0.15) is 0 Å². The lowest BCUT2D eigenvalue weighted by Gasteiger charge is -2.28. The van der Waals surface area contributed by atoms with Gasteiger partial charge in [0.05, 0.1) is 11.2 Å². The van der Waals surface area contributed by atoms with E-state index in [-0.39, 0.29) is 10.0 Å². The Kier molecular flexibility index (Phi) is 5.03. The van der Waals surface area contributed by atoms with E-state index >= 15 is 0 Å². The van der Waals surface area contributed by atoms with Gasteiger partial charge in [0, 0.05) is 53.4 Å². The molecule has 1 N–H and O–H groups in total. The summed E-state index contributed by atoms with van der Waals surface area (Å²) in [6, 6.07) is 0. The Labute approximate surface area is 124 Å². The molecule has 9 heteroatoms. The SMILES string of the molecule is CN(CCN1CCNCC1)S(=O)(=O)c1c(Cl)cnn1C. The maximum absolute atomic E-state index is 12.5. The molecule has 1 saturated heterocycles. The van der Waals surface area contributed by atoms with Gasteiger partial charge in [0.1, 0.15) is 0 Å². The molecule has 0 aromatic carbocycles. The van der Waals surface area contributed by atoms with Crippen molar-refractivity contribution >= 4 is 21.6 Å². The van der Waals surface area contributed by atoms with Crippen molar-refractivity contribution in [3.05, 3.63) is 11.2 Å². The molecule has 1 aliphatic heterocycles. The molecule has 0 saturated carbocycles. The second-order valence-corrected chi connectivity index (χ2v) is 7.21. The molecular formula is C11H20ClN5O2S. The third kappa shape index (κ3) is 3.32. The minimum atomic E-state index is -3.60. The van der Waals surface area contributed by atoms with Crippen molar-refractivity contribution in [3.63, 3.8) is 0 Å². The molecule has 0 amide bonds. The molecule has 0 aliphatic carbocycles. The van der Waals surface area contributed by atoms with Crippen molar-refractivity contribution < 1.29 is 8.42 Å². The topological polar surface area (TPSA) is 70.5 Å². The van der Waals surface area contributed by atoms with Gasteiger partial charge >= 0.3 is 0 Å². The number of aromatic nitrogens is 2. The van der Waals surface area contributed by atoms with Crippen molar-refractivity contribution in [2.45, 2.75) is 5.03 Å². The fourth-order valence-corrected chi connectivity index (χ4v) is 3.93. The predicted molar refractivity (Wildman–Crippen MR) is 77.3 cm³/mol. The van der Waals surface area contributed by atoms with Gasteiger partial charge in [0.15, 0.2) is 5.03 Å². The molecule has 114 valence electrons. The van der Waals surface area contributed by atoms with Crippen LogP contribution < -0.4 is 5.32 Å². The highest BCUT2D eigenvalue weighted by Crippen LogP contribution is 2.22. The molecule has 0 unspecified atom stereocenters. The van der Waals surface area contributed by atoms with Crippen LogP contribution in [0.4, 0.5) is 0 Å². The number of nitrogens with zero attached hydrogens (tertiary/aromatic N) is 4. The van der Waals surface area contributed by atoms with Crippen LogP contribution in [-0.4, -0.2) is 73.7 Å². The third-order valence-electron chi connectivity index (χ3n) is 3.44. The lowest BCUT2D eigenvalue weighted by Crippen LogP contribution is -2.46. The van der Waals surface area contributed by atoms with E-state index in [1.165, 1.54) is 15.2 Å². The van der Waals surface area contributed by atoms with Crippen LogP contribution >= 0.6 is 11.6 Å². The normalized spacial score (nSPS) is 17.8. The molecule has 0 bridgehead atoms. The van der Waals surface area contributed by atoms with E-state index in [9.17, 15) is 8.42 Å². The monoisotopic (exact) mass is 321 g/mol. The van der Waals surface area contributed by atoms with Crippen LogP contribution in [0.2, 0.25) is 5.02 Å². The van der Waals surface area contributed by atoms with Gasteiger partial charge in [-0.1, -0.05) is 11.6 Å². The predicted octanol–water partition coefficient (Wildman–Crippen LogP) is -0.401. The highest BCUT2D eigenvalue weighted by atomic mass is 35.5. The van der Waals surface area contributed by atoms with E-state index in [1.54, 1.807) is 14.1 Å². The van der Waals surface area contributed by atoms with Crippen molar-refractivity contribution in [3.8, 4) is 0 Å². The van der Waals surface area contributed by atoms with E-state index in [0.717, 1.165) is 26.2 Å². The number of sulfonamides is 1. The molecule has 7 nitrogen and oxygen atoms in total. The summed E-state index contributed by atoms with van der Waals surface area (Å²) in [6.45, 7) is 4.94. The fraction of sp³-hybridized carbons (Fsp3) is 0.727. The summed E-state index contributed by atoms with van der Waals surface area (Å²) in [4.78, 5) is 2.24. The van der Waals surface area contributed by atoms with Gasteiger partial charge in [-0.2, -0.15) is 9.40 Å². The van der Waals surface area contributed by atoms with Gasteiger partial charge in [-0.25, -0.2) is 8.42 Å². The number of rotatable bonds is 5. The second kappa shape index (κ2) is 6.40. The molecular weight excluding hydrogens is 302 g/mol. The molecule has 20 heavy (non-hydrogen) atoms. The summed E-state index contributed by atoms with van der Waals surface area (Å²) in [5.41, 5.74) is 0. The quantitative estimate of drug-likeness (QED) is 0.799. The second-order valence-electron chi connectivity index (χ2n) is 4.84. The first-order chi connectivity index (χ1) is 9.43. The molecule has 2 heterocycles. The van der Waals surface area contributed by atoms with Gasteiger partial charge in [0.2, 0.25) is 0 Å². The van der Waals surface area contributed by atoms with Crippen LogP contribution in [-0.2, 0) is 17.1 Å². The average molecular weight is 322 g/mol. The number of hydrogen-bond acceptors (Lipinski definition) is 5. The van der Waals surface area contributed by atoms with Crippen molar-refractivity contribution in [1.82, 2.24) is 24.3 Å². The minimum Gasteiger partial charge on any atom is -0.314 e. The third-order valence-corrected chi connectivity index (χ3v) is 5.80. The lowest BCUT2D eigenvalue weighted by atomic mass is 10.3. The first kappa shape index (κ1) is 15.7. The van der Waals surface area contributed by atoms with Crippen LogP contribution in [0, 0.1) is 0 Å². The van der Waals surface area contributed by atoms with Gasteiger partial charge in [-0.15, -0.1) is 0 Å². The van der Waals surface area contributed by atoms with Crippen LogP contribution in [0.15, 0.2) is 11.2 Å². The first-order valence-corrected chi connectivity index (χ1v) is 8.31. The van der Waals surface area contributed by atoms with Crippen molar-refractivity contribution in [2.75, 3.05) is 46.3 Å². The van der Waals surface area contributed by atoms with Gasteiger partial charge in [0.25, 0.3) is 10.0 Å². The highest BCUT2D eigenvalue weighted by Gasteiger charge is 2.27. The van der Waals surface area contributed by atoms with Gasteiger partial charge in [-0.05, 0) is 0 Å². The van der Waals surface area contributed by atoms with Crippen LogP contribution in [0.25, 0.3) is 0 Å². The summed E-state index contributed by atoms with van der Waals surface area (Å²) in [5, 5.41) is 7.34. The summed E-state index contributed by atoms with van der Waals surface area (Å²) in [6.07, 6.45) is 1.35. The standard InChI is InChI=1S/C11H20ClN5O2S/c1-15(7-8-17-5-3-13-4-6-17)20(18,19)11-10(12)9-14-16(11)2/h9,13H,3-8H2,1-2H3. The zero-order valence-electron chi connectivity index (χ0n) is 11.7. The van der Waals surface area contributed by atoms with Gasteiger partial charge in [-0.3, -0.25) is 9.58 Å². The Morgan fingerprint density at radius 1 is 1.45 bits per heavy atom. The lowest BCUT2D eigenvalue weighted by molar-refractivity contribution is 0.229. The molecule has 1 fully saturated rings. The summed E-state index contributed by atoms with van der Waals surface area (Å²) in [5.74, 6) is 0. The highest BCUT2D eigenvalue weighted by molar-refractivity contribution is 7.89. The van der Waals surface area contributed by atoms with E-state index in [4.69, 9.17) is 11.6 Å². The molecule has 1 aromatic heterocycles. The van der Waals surface area contributed by atoms with E-state index in [0.29, 0.717) is 13.1 Å². The maximum atomic E-state index is 12.5. The zero-order valence-corrected chi connectivity index (χ0v) is 13.3. The molecule has 0 radical (unpaired) electrons. The average Bonchev–Trinajstić information content (AvgIpc) is 2.77. The largest absolute Gasteiger partial charge is 0.314 e. The minimum absolute atomic E-state index is 0.0435. The van der Waals surface area contributed by atoms with E-state index < -0.39 is 10.0 Å². The molecule has 2 rings (SSSR count). The van der Waals surface area contributed by atoms with E-state index in [1.807, 2.05) is 0 Å². The van der Waals surface area contributed by atoms with Crippen molar-refractivity contribution in [1.29, 1.82) is 0 Å². The summed E-state index contributed by atoms with van der Waals surface area (Å²) in [7, 11) is -0.456. The number of hydrogen-bond donors (Lipinski definition) is 1. The van der Waals surface area contributed by atoms with E-state index in [2.05, 4.69) is 15.3 Å². The summed E-state index contributed by atoms with van der Waals surface area (Å²) < 4.78 is 27.5. The van der Waals surface area contributed by atoms with Crippen molar-refractivity contribution in [2.24, 2.45) is 7.05 Å². The number of likely N-dealkylation sites (N-methyl/N-ethyl adjacent to an activating group) is 1. The number of piperazine rings is 1. The Morgan fingerprint density at radius 3 is 2.65 bits per heavy atom. The summed E-state index contributed by atoms with van der Waals surface area (Å²) >= 11 is 5.91. The molecule has 1 aliphatic rings. The zero-order chi connectivity index (χ0) is 14.8. The smallest absolute Gasteiger partial charge is 0.261 e. The maximum Gasteiger partial charge on any atom is 0.261 e. The number of aryl methyl sites for hydroxylation is 1. The fourth-order valence-electron chi connectivity index (χ4n) is 2.17. The number of nitrogens with one attached hydrogen (secondary N) is 1. The molecule has 0 atom stereocenters. The number of halogens is 1. The first-order valence-electron chi connectivity index (χ1n) is 6.50. The van der Waals surface area contributed by atoms with Crippen LogP contribution in [0.5, 0.6) is 0 Å².